The number of unbranched alkanes of at least 4 members (excludes halogenated alkanes) is 2. The highest BCUT2D eigenvalue weighted by molar-refractivity contribution is 5.27. The molecule has 0 amide bonds. The molecule has 2 atom stereocenters. The number of ether oxygens (including phenoxy) is 4. The van der Waals surface area contributed by atoms with Crippen LogP contribution in [0.1, 0.15) is 69.8 Å². The summed E-state index contributed by atoms with van der Waals surface area (Å²) in [5, 5.41) is 0. The van der Waals surface area contributed by atoms with Gasteiger partial charge in [-0.2, -0.15) is 0 Å². The molecule has 2 aliphatic rings. The molecule has 34 heavy (non-hydrogen) atoms. The van der Waals surface area contributed by atoms with Crippen molar-refractivity contribution < 1.29 is 18.9 Å². The largest absolute Gasteiger partial charge is 0.494 e. The molecular weight excluding hydrogens is 424 g/mol. The van der Waals surface area contributed by atoms with Crippen LogP contribution in [0.25, 0.3) is 0 Å². The van der Waals surface area contributed by atoms with Crippen LogP contribution in [0.3, 0.4) is 0 Å². The summed E-state index contributed by atoms with van der Waals surface area (Å²) in [5.41, 5.74) is 1.44. The Morgan fingerprint density at radius 1 is 0.794 bits per heavy atom. The number of fused-ring (bicyclic) bond motifs is 1. The molecule has 3 rings (SSSR count). The molecule has 1 aromatic rings. The Bertz CT molecular complexity index is 646. The monoisotopic (exact) mass is 472 g/mol. The van der Waals surface area contributed by atoms with E-state index in [2.05, 4.69) is 30.8 Å². The number of aryl methyl sites for hydroxylation is 1. The molecule has 2 fully saturated rings. The third-order valence-electron chi connectivity index (χ3n) is 7.65. The van der Waals surface area contributed by atoms with Gasteiger partial charge in [0, 0.05) is 20.3 Å². The van der Waals surface area contributed by atoms with Gasteiger partial charge in [0.15, 0.2) is 0 Å². The molecule has 4 nitrogen and oxygen atoms in total. The quantitative estimate of drug-likeness (QED) is 0.145. The lowest BCUT2D eigenvalue weighted by molar-refractivity contribution is 0.0469. The Labute approximate surface area is 208 Å². The van der Waals surface area contributed by atoms with E-state index in [1.165, 1.54) is 56.9 Å². The van der Waals surface area contributed by atoms with Crippen molar-refractivity contribution in [3.8, 4) is 5.75 Å². The fraction of sp³-hybridized carbons (Fsp3) is 0.733. The highest BCUT2D eigenvalue weighted by atomic mass is 16.5. The van der Waals surface area contributed by atoms with E-state index >= 15 is 0 Å². The van der Waals surface area contributed by atoms with E-state index < -0.39 is 0 Å². The normalized spacial score (nSPS) is 23.1. The van der Waals surface area contributed by atoms with Crippen LogP contribution in [0.15, 0.2) is 36.9 Å². The van der Waals surface area contributed by atoms with Crippen LogP contribution in [-0.4, -0.2) is 46.8 Å². The fourth-order valence-electron chi connectivity index (χ4n) is 5.72. The molecule has 2 aliphatic carbocycles. The van der Waals surface area contributed by atoms with Crippen LogP contribution in [-0.2, 0) is 20.6 Å². The van der Waals surface area contributed by atoms with Crippen LogP contribution in [0.5, 0.6) is 5.75 Å². The molecule has 2 saturated carbocycles. The molecule has 0 saturated heterocycles. The van der Waals surface area contributed by atoms with Crippen molar-refractivity contribution in [2.45, 2.75) is 70.6 Å². The predicted octanol–water partition coefficient (Wildman–Crippen LogP) is 6.87. The Morgan fingerprint density at radius 3 is 2.26 bits per heavy atom. The summed E-state index contributed by atoms with van der Waals surface area (Å²) in [7, 11) is 1.75. The number of hydrogen-bond donors (Lipinski definition) is 0. The van der Waals surface area contributed by atoms with E-state index in [1.54, 1.807) is 7.11 Å². The average molecular weight is 473 g/mol. The molecule has 0 N–H and O–H groups in total. The third kappa shape index (κ3) is 10.1. The fourth-order valence-corrected chi connectivity index (χ4v) is 5.72. The molecule has 0 heterocycles. The minimum absolute atomic E-state index is 0.707. The van der Waals surface area contributed by atoms with Gasteiger partial charge in [-0.15, -0.1) is 6.58 Å². The van der Waals surface area contributed by atoms with E-state index in [9.17, 15) is 0 Å². The van der Waals surface area contributed by atoms with Gasteiger partial charge in [-0.05, 0) is 106 Å². The predicted molar refractivity (Wildman–Crippen MR) is 139 cm³/mol. The molecule has 0 spiro atoms. The van der Waals surface area contributed by atoms with Gasteiger partial charge in [-0.25, -0.2) is 0 Å². The van der Waals surface area contributed by atoms with Crippen molar-refractivity contribution in [1.82, 2.24) is 0 Å². The first-order valence-electron chi connectivity index (χ1n) is 13.8. The second-order valence-electron chi connectivity index (χ2n) is 10.2. The zero-order valence-corrected chi connectivity index (χ0v) is 21.6. The highest BCUT2D eigenvalue weighted by Gasteiger charge is 2.54. The van der Waals surface area contributed by atoms with Crippen LogP contribution in [0.2, 0.25) is 0 Å². The summed E-state index contributed by atoms with van der Waals surface area (Å²) < 4.78 is 22.1. The van der Waals surface area contributed by atoms with Crippen LogP contribution < -0.4 is 4.74 Å². The minimum atomic E-state index is 0.707. The second-order valence-corrected chi connectivity index (χ2v) is 10.2. The molecule has 0 bridgehead atoms. The summed E-state index contributed by atoms with van der Waals surface area (Å²) >= 11 is 0. The third-order valence-corrected chi connectivity index (χ3v) is 7.65. The van der Waals surface area contributed by atoms with Gasteiger partial charge in [0.1, 0.15) is 5.75 Å². The summed E-state index contributed by atoms with van der Waals surface area (Å²) in [6.45, 7) is 8.37. The van der Waals surface area contributed by atoms with Crippen LogP contribution in [0, 0.1) is 23.7 Å². The smallest absolute Gasteiger partial charge is 0.119 e. The summed E-state index contributed by atoms with van der Waals surface area (Å²) in [4.78, 5) is 0. The first kappa shape index (κ1) is 27.2. The van der Waals surface area contributed by atoms with Crippen molar-refractivity contribution in [2.24, 2.45) is 23.7 Å². The van der Waals surface area contributed by atoms with Crippen molar-refractivity contribution in [1.29, 1.82) is 0 Å². The first-order valence-corrected chi connectivity index (χ1v) is 13.8. The topological polar surface area (TPSA) is 36.9 Å². The van der Waals surface area contributed by atoms with E-state index in [4.69, 9.17) is 18.9 Å². The molecule has 0 aliphatic heterocycles. The second kappa shape index (κ2) is 16.3. The average Bonchev–Trinajstić information content (AvgIpc) is 3.30. The lowest BCUT2D eigenvalue weighted by atomic mass is 9.93. The standard InChI is InChI=1S/C30H48O4/c1-3-4-18-32-21-22-33-19-9-11-26-23-29-28(30(29)24-26)12-6-5-10-25-13-15-27(16-14-25)34-20-8-7-17-31-2/h3,13-16,26,28-30H,1,4-12,17-24H2,2H3. The molecular formula is C30H48O4. The van der Waals surface area contributed by atoms with Gasteiger partial charge in [0.25, 0.3) is 0 Å². The molecule has 1 aromatic carbocycles. The number of benzene rings is 1. The molecule has 2 unspecified atom stereocenters. The van der Waals surface area contributed by atoms with Crippen LogP contribution >= 0.6 is 0 Å². The van der Waals surface area contributed by atoms with E-state index in [0.29, 0.717) is 6.61 Å². The van der Waals surface area contributed by atoms with Crippen molar-refractivity contribution in [2.75, 3.05) is 46.8 Å². The van der Waals surface area contributed by atoms with E-state index in [0.717, 1.165) is 81.7 Å². The molecule has 4 heteroatoms. The molecule has 0 radical (unpaired) electrons. The van der Waals surface area contributed by atoms with Crippen LogP contribution in [0.4, 0.5) is 0 Å². The molecule has 192 valence electrons. The maximum Gasteiger partial charge on any atom is 0.119 e. The van der Waals surface area contributed by atoms with E-state index in [-0.39, 0.29) is 0 Å². The van der Waals surface area contributed by atoms with Gasteiger partial charge >= 0.3 is 0 Å². The lowest BCUT2D eigenvalue weighted by Crippen LogP contribution is -2.07. The Morgan fingerprint density at radius 2 is 1.53 bits per heavy atom. The summed E-state index contributed by atoms with van der Waals surface area (Å²) in [6.07, 6.45) is 15.8. The zero-order chi connectivity index (χ0) is 23.8. The number of hydrogen-bond acceptors (Lipinski definition) is 4. The van der Waals surface area contributed by atoms with Gasteiger partial charge in [-0.3, -0.25) is 0 Å². The maximum absolute atomic E-state index is 5.81. The van der Waals surface area contributed by atoms with E-state index in [1.807, 2.05) is 6.08 Å². The van der Waals surface area contributed by atoms with Crippen molar-refractivity contribution in [3.63, 3.8) is 0 Å². The Kier molecular flexibility index (Phi) is 13.1. The summed E-state index contributed by atoms with van der Waals surface area (Å²) in [6, 6.07) is 8.72. The molecule has 0 aromatic heterocycles. The highest BCUT2D eigenvalue weighted by Crippen LogP contribution is 2.62. The Hall–Kier alpha value is -1.36. The number of rotatable bonds is 21. The Balaban J connectivity index is 1.13. The number of methoxy groups -OCH3 is 1. The summed E-state index contributed by atoms with van der Waals surface area (Å²) in [5.74, 6) is 5.07. The zero-order valence-electron chi connectivity index (χ0n) is 21.6. The van der Waals surface area contributed by atoms with Gasteiger partial charge < -0.3 is 18.9 Å². The maximum atomic E-state index is 5.81. The SMILES string of the molecule is C=CCCOCCOCCCC1CC2C(CCCCc3ccc(OCCCCOC)cc3)C2C1. The van der Waals surface area contributed by atoms with Gasteiger partial charge in [0.2, 0.25) is 0 Å². The van der Waals surface area contributed by atoms with Gasteiger partial charge in [-0.1, -0.05) is 24.6 Å². The van der Waals surface area contributed by atoms with Crippen molar-refractivity contribution in [3.05, 3.63) is 42.5 Å². The minimum Gasteiger partial charge on any atom is -0.494 e. The first-order chi connectivity index (χ1) is 16.8. The van der Waals surface area contributed by atoms with Crippen molar-refractivity contribution >= 4 is 0 Å². The van der Waals surface area contributed by atoms with Gasteiger partial charge in [0.05, 0.1) is 26.4 Å². The lowest BCUT2D eigenvalue weighted by Gasteiger charge is -2.14.